The maximum atomic E-state index is 9.81. The van der Waals surface area contributed by atoms with Crippen molar-refractivity contribution in [1.29, 1.82) is 0 Å². The van der Waals surface area contributed by atoms with Crippen molar-refractivity contribution in [3.63, 3.8) is 0 Å². The maximum Gasteiger partial charge on any atom is 0.391 e. The fourth-order valence-electron chi connectivity index (χ4n) is 0.0680. The lowest BCUT2D eigenvalue weighted by molar-refractivity contribution is -0.142. The Morgan fingerprint density at radius 3 is 2.29 bits per heavy atom. The van der Waals surface area contributed by atoms with Gasteiger partial charge in [0.25, 0.3) is 0 Å². The van der Waals surface area contributed by atoms with E-state index in [4.69, 9.17) is 5.11 Å². The standard InChI is InChI=1S/C3H5NO3/c1-2(5)3(6)7-4/h5H,1,4H2. The first kappa shape index (κ1) is 5.97. The average molecular weight is 103 g/mol. The SMILES string of the molecule is C=C(O)C(=O)ON. The van der Waals surface area contributed by atoms with E-state index in [1.165, 1.54) is 0 Å². The van der Waals surface area contributed by atoms with E-state index < -0.39 is 11.7 Å². The molecule has 7 heavy (non-hydrogen) atoms. The Balaban J connectivity index is 3.58. The van der Waals surface area contributed by atoms with Crippen LogP contribution in [0.5, 0.6) is 0 Å². The number of hydrogen-bond acceptors (Lipinski definition) is 4. The fourth-order valence-corrected chi connectivity index (χ4v) is 0.0680. The van der Waals surface area contributed by atoms with Gasteiger partial charge in [0.15, 0.2) is 5.76 Å². The molecule has 0 atom stereocenters. The predicted molar refractivity (Wildman–Crippen MR) is 22.0 cm³/mol. The highest BCUT2D eigenvalue weighted by molar-refractivity contribution is 5.84. The van der Waals surface area contributed by atoms with Gasteiger partial charge in [-0.1, -0.05) is 0 Å². The van der Waals surface area contributed by atoms with E-state index in [1.807, 2.05) is 0 Å². The highest BCUT2D eigenvalue weighted by Gasteiger charge is 2.00. The van der Waals surface area contributed by atoms with Crippen LogP contribution >= 0.6 is 0 Å². The summed E-state index contributed by atoms with van der Waals surface area (Å²) in [6.45, 7) is 2.83. The number of rotatable bonds is 1. The first-order valence-electron chi connectivity index (χ1n) is 1.47. The molecule has 4 nitrogen and oxygen atoms in total. The molecule has 0 radical (unpaired) electrons. The summed E-state index contributed by atoms with van der Waals surface area (Å²) in [4.78, 5) is 13.3. The Kier molecular flexibility index (Phi) is 1.87. The van der Waals surface area contributed by atoms with Gasteiger partial charge in [-0.3, -0.25) is 0 Å². The molecule has 0 aliphatic heterocycles. The number of aliphatic hydroxyl groups is 1. The van der Waals surface area contributed by atoms with Gasteiger partial charge in [-0.15, -0.1) is 0 Å². The molecule has 4 heteroatoms. The van der Waals surface area contributed by atoms with Crippen molar-refractivity contribution in [2.24, 2.45) is 5.90 Å². The lowest BCUT2D eigenvalue weighted by Crippen LogP contribution is -2.10. The van der Waals surface area contributed by atoms with Crippen LogP contribution in [0.1, 0.15) is 0 Å². The lowest BCUT2D eigenvalue weighted by Gasteiger charge is -1.89. The van der Waals surface area contributed by atoms with Crippen LogP contribution in [0.15, 0.2) is 12.3 Å². The largest absolute Gasteiger partial charge is 0.502 e. The first-order chi connectivity index (χ1) is 3.18. The quantitative estimate of drug-likeness (QED) is 0.266. The summed E-state index contributed by atoms with van der Waals surface area (Å²) >= 11 is 0. The molecule has 0 aromatic rings. The molecule has 0 fully saturated rings. The Morgan fingerprint density at radius 2 is 2.29 bits per heavy atom. The third-order valence-corrected chi connectivity index (χ3v) is 0.343. The second-order valence-corrected chi connectivity index (χ2v) is 0.852. The molecule has 0 aromatic carbocycles. The Morgan fingerprint density at radius 1 is 1.86 bits per heavy atom. The van der Waals surface area contributed by atoms with Crippen molar-refractivity contribution in [2.75, 3.05) is 0 Å². The summed E-state index contributed by atoms with van der Waals surface area (Å²) in [5.74, 6) is 2.60. The molecule has 3 N–H and O–H groups in total. The minimum absolute atomic E-state index is 0.692. The van der Waals surface area contributed by atoms with E-state index >= 15 is 0 Å². The molecule has 0 aromatic heterocycles. The second kappa shape index (κ2) is 2.20. The summed E-state index contributed by atoms with van der Waals surface area (Å²) < 4.78 is 0. The lowest BCUT2D eigenvalue weighted by atomic mass is 10.6. The van der Waals surface area contributed by atoms with Gasteiger partial charge in [-0.05, 0) is 6.58 Å². The van der Waals surface area contributed by atoms with Gasteiger partial charge in [-0.25, -0.2) is 4.79 Å². The van der Waals surface area contributed by atoms with Crippen LogP contribution in [0, 0.1) is 0 Å². The van der Waals surface area contributed by atoms with Crippen LogP contribution < -0.4 is 5.90 Å². The zero-order chi connectivity index (χ0) is 5.86. The van der Waals surface area contributed by atoms with Crippen LogP contribution in [-0.2, 0) is 9.63 Å². The average Bonchev–Trinajstić information content (AvgIpc) is 1.65. The number of aliphatic hydroxyl groups excluding tert-OH is 1. The molecule has 40 valence electrons. The Bertz CT molecular complexity index is 98.4. The van der Waals surface area contributed by atoms with Crippen molar-refractivity contribution in [3.8, 4) is 0 Å². The Labute approximate surface area is 40.1 Å². The van der Waals surface area contributed by atoms with E-state index in [-0.39, 0.29) is 0 Å². The molecule has 0 unspecified atom stereocenters. The van der Waals surface area contributed by atoms with Gasteiger partial charge in [0, 0.05) is 0 Å². The number of carbonyl (C=O) groups excluding carboxylic acids is 1. The van der Waals surface area contributed by atoms with Crippen LogP contribution in [-0.4, -0.2) is 11.1 Å². The monoisotopic (exact) mass is 103 g/mol. The van der Waals surface area contributed by atoms with Crippen LogP contribution in [0.25, 0.3) is 0 Å². The van der Waals surface area contributed by atoms with Gasteiger partial charge in [0.05, 0.1) is 0 Å². The van der Waals surface area contributed by atoms with E-state index in [0.29, 0.717) is 0 Å². The summed E-state index contributed by atoms with van der Waals surface area (Å²) in [5.41, 5.74) is 0. The topological polar surface area (TPSA) is 72.5 Å². The van der Waals surface area contributed by atoms with Crippen LogP contribution in [0.3, 0.4) is 0 Å². The number of carbonyl (C=O) groups is 1. The summed E-state index contributed by atoms with van der Waals surface area (Å²) in [7, 11) is 0. The fraction of sp³-hybridized carbons (Fsp3) is 0. The van der Waals surface area contributed by atoms with Gasteiger partial charge in [-0.2, -0.15) is 5.90 Å². The predicted octanol–water partition coefficient (Wildman–Crippen LogP) is -0.525. The zero-order valence-electron chi connectivity index (χ0n) is 3.55. The van der Waals surface area contributed by atoms with E-state index in [9.17, 15) is 4.79 Å². The van der Waals surface area contributed by atoms with Gasteiger partial charge in [0.2, 0.25) is 0 Å². The number of nitrogens with two attached hydrogens (primary N) is 1. The first-order valence-corrected chi connectivity index (χ1v) is 1.47. The third kappa shape index (κ3) is 1.77. The zero-order valence-corrected chi connectivity index (χ0v) is 3.55. The molecule has 0 saturated heterocycles. The summed E-state index contributed by atoms with van der Waals surface area (Å²) in [6, 6.07) is 0. The molecule has 0 spiro atoms. The van der Waals surface area contributed by atoms with Crippen LogP contribution in [0.4, 0.5) is 0 Å². The third-order valence-electron chi connectivity index (χ3n) is 0.343. The molecular weight excluding hydrogens is 98.0 g/mol. The van der Waals surface area contributed by atoms with Crippen molar-refractivity contribution >= 4 is 5.97 Å². The summed E-state index contributed by atoms with van der Waals surface area (Å²) in [6.07, 6.45) is 0. The van der Waals surface area contributed by atoms with Gasteiger partial charge in [0.1, 0.15) is 0 Å². The maximum absolute atomic E-state index is 9.81. The normalized spacial score (nSPS) is 7.57. The molecule has 0 rings (SSSR count). The minimum atomic E-state index is -1.01. The highest BCUT2D eigenvalue weighted by atomic mass is 16.7. The summed E-state index contributed by atoms with van der Waals surface area (Å²) in [5, 5.41) is 8.07. The molecule has 0 aliphatic rings. The number of hydrogen-bond donors (Lipinski definition) is 2. The van der Waals surface area contributed by atoms with Gasteiger partial charge < -0.3 is 9.94 Å². The van der Waals surface area contributed by atoms with E-state index in [0.717, 1.165) is 0 Å². The molecular formula is C3H5NO3. The second-order valence-electron chi connectivity index (χ2n) is 0.852. The van der Waals surface area contributed by atoms with E-state index in [1.54, 1.807) is 0 Å². The molecule has 0 aliphatic carbocycles. The van der Waals surface area contributed by atoms with Gasteiger partial charge >= 0.3 is 5.97 Å². The van der Waals surface area contributed by atoms with Crippen molar-refractivity contribution in [3.05, 3.63) is 12.3 Å². The van der Waals surface area contributed by atoms with E-state index in [2.05, 4.69) is 17.3 Å². The molecule has 0 bridgehead atoms. The van der Waals surface area contributed by atoms with Crippen molar-refractivity contribution in [2.45, 2.75) is 0 Å². The van der Waals surface area contributed by atoms with Crippen molar-refractivity contribution < 1.29 is 14.7 Å². The molecule has 0 amide bonds. The molecule has 0 heterocycles. The van der Waals surface area contributed by atoms with Crippen molar-refractivity contribution in [1.82, 2.24) is 0 Å². The minimum Gasteiger partial charge on any atom is -0.502 e. The highest BCUT2D eigenvalue weighted by Crippen LogP contribution is 1.80. The molecule has 0 saturated carbocycles. The van der Waals surface area contributed by atoms with Crippen LogP contribution in [0.2, 0.25) is 0 Å². The smallest absolute Gasteiger partial charge is 0.391 e. The Hall–Kier alpha value is -1.03.